The number of benzene rings is 1. The predicted molar refractivity (Wildman–Crippen MR) is 84.9 cm³/mol. The van der Waals surface area contributed by atoms with Crippen LogP contribution in [0.1, 0.15) is 30.1 Å². The van der Waals surface area contributed by atoms with E-state index in [1.807, 2.05) is 24.5 Å². The molecule has 3 nitrogen and oxygen atoms in total. The molecule has 0 aliphatic carbocycles. The summed E-state index contributed by atoms with van der Waals surface area (Å²) in [6.07, 6.45) is 5.58. The highest BCUT2D eigenvalue weighted by molar-refractivity contribution is 7.19. The van der Waals surface area contributed by atoms with E-state index in [1.165, 1.54) is 6.07 Å². The number of nitrogens with zero attached hydrogens (tertiary/aromatic N) is 2. The average Bonchev–Trinajstić information content (AvgIpc) is 3.06. The van der Waals surface area contributed by atoms with E-state index >= 15 is 0 Å². The number of aromatic nitrogens is 2. The van der Waals surface area contributed by atoms with E-state index in [-0.39, 0.29) is 11.9 Å². The number of aryl methyl sites for hydroxylation is 1. The molecule has 1 atom stereocenters. The van der Waals surface area contributed by atoms with Crippen molar-refractivity contribution in [1.82, 2.24) is 9.55 Å². The molecule has 3 aromatic rings. The predicted octanol–water partition coefficient (Wildman–Crippen LogP) is 3.89. The van der Waals surface area contributed by atoms with Crippen LogP contribution in [0.3, 0.4) is 0 Å². The molecule has 21 heavy (non-hydrogen) atoms. The quantitative estimate of drug-likeness (QED) is 0.777. The maximum absolute atomic E-state index is 13.2. The number of rotatable bonds is 5. The Morgan fingerprint density at radius 3 is 3.05 bits per heavy atom. The minimum atomic E-state index is -0.209. The van der Waals surface area contributed by atoms with Gasteiger partial charge in [0.05, 0.1) is 0 Å². The molecule has 0 spiro atoms. The third-order valence-electron chi connectivity index (χ3n) is 3.53. The number of halogens is 1. The van der Waals surface area contributed by atoms with E-state index in [4.69, 9.17) is 5.73 Å². The Morgan fingerprint density at radius 2 is 2.24 bits per heavy atom. The summed E-state index contributed by atoms with van der Waals surface area (Å²) in [5, 5.41) is 0.919. The summed E-state index contributed by atoms with van der Waals surface area (Å²) in [6, 6.07) is 6.73. The van der Waals surface area contributed by atoms with Gasteiger partial charge in [-0.2, -0.15) is 0 Å². The summed E-state index contributed by atoms with van der Waals surface area (Å²) < 4.78 is 16.5. The number of nitrogens with two attached hydrogens (primary N) is 1. The van der Waals surface area contributed by atoms with Crippen LogP contribution in [0, 0.1) is 5.82 Å². The van der Waals surface area contributed by atoms with Crippen molar-refractivity contribution < 1.29 is 4.39 Å². The van der Waals surface area contributed by atoms with E-state index in [2.05, 4.69) is 16.5 Å². The molecule has 2 heterocycles. The Kier molecular flexibility index (Phi) is 4.03. The van der Waals surface area contributed by atoms with Gasteiger partial charge in [0, 0.05) is 41.0 Å². The number of thiophene rings is 1. The normalized spacial score (nSPS) is 12.9. The van der Waals surface area contributed by atoms with E-state index in [0.717, 1.165) is 33.8 Å². The van der Waals surface area contributed by atoms with Crippen LogP contribution >= 0.6 is 11.3 Å². The first-order valence-corrected chi connectivity index (χ1v) is 7.93. The summed E-state index contributed by atoms with van der Waals surface area (Å²) >= 11 is 1.63. The molecule has 2 aromatic heterocycles. The molecule has 3 rings (SSSR count). The van der Waals surface area contributed by atoms with Crippen molar-refractivity contribution >= 4 is 21.4 Å². The van der Waals surface area contributed by atoms with Crippen LogP contribution in [0.25, 0.3) is 10.1 Å². The van der Waals surface area contributed by atoms with E-state index in [0.29, 0.717) is 6.42 Å². The van der Waals surface area contributed by atoms with Crippen molar-refractivity contribution in [2.24, 2.45) is 5.73 Å². The Bertz CT molecular complexity index is 747. The van der Waals surface area contributed by atoms with Gasteiger partial charge in [-0.3, -0.25) is 0 Å². The lowest BCUT2D eigenvalue weighted by molar-refractivity contribution is 0.602. The molecular weight excluding hydrogens is 285 g/mol. The lowest BCUT2D eigenvalue weighted by atomic mass is 10.1. The molecule has 110 valence electrons. The largest absolute Gasteiger partial charge is 0.335 e. The van der Waals surface area contributed by atoms with Crippen molar-refractivity contribution in [3.05, 3.63) is 53.2 Å². The van der Waals surface area contributed by atoms with Crippen LogP contribution in [0.5, 0.6) is 0 Å². The van der Waals surface area contributed by atoms with Crippen LogP contribution < -0.4 is 5.73 Å². The zero-order valence-corrected chi connectivity index (χ0v) is 12.7. The molecule has 1 unspecified atom stereocenters. The zero-order valence-electron chi connectivity index (χ0n) is 11.9. The third-order valence-corrected chi connectivity index (χ3v) is 4.78. The molecule has 1 aromatic carbocycles. The number of fused-ring (bicyclic) bond motifs is 1. The maximum atomic E-state index is 13.2. The van der Waals surface area contributed by atoms with Crippen LogP contribution in [0.4, 0.5) is 4.39 Å². The monoisotopic (exact) mass is 303 g/mol. The van der Waals surface area contributed by atoms with Gasteiger partial charge in [0.15, 0.2) is 0 Å². The smallest absolute Gasteiger partial charge is 0.123 e. The van der Waals surface area contributed by atoms with E-state index < -0.39 is 0 Å². The second-order valence-electron chi connectivity index (χ2n) is 5.18. The van der Waals surface area contributed by atoms with E-state index in [9.17, 15) is 4.39 Å². The number of hydrogen-bond donors (Lipinski definition) is 1. The highest BCUT2D eigenvalue weighted by Crippen LogP contribution is 2.30. The van der Waals surface area contributed by atoms with Crippen LogP contribution in [-0.4, -0.2) is 9.55 Å². The zero-order chi connectivity index (χ0) is 14.8. The topological polar surface area (TPSA) is 43.8 Å². The highest BCUT2D eigenvalue weighted by Gasteiger charge is 2.14. The summed E-state index contributed by atoms with van der Waals surface area (Å²) in [6.45, 7) is 3.10. The first kappa shape index (κ1) is 14.2. The first-order valence-electron chi connectivity index (χ1n) is 7.12. The molecule has 0 fully saturated rings. The second-order valence-corrected chi connectivity index (χ2v) is 6.29. The maximum Gasteiger partial charge on any atom is 0.123 e. The molecule has 5 heteroatoms. The minimum Gasteiger partial charge on any atom is -0.335 e. The SMILES string of the molecule is CCCn1ccnc1CC(N)c1cc2cc(F)ccc2s1. The van der Waals surface area contributed by atoms with Crippen LogP contribution in [0.2, 0.25) is 0 Å². The Labute approximate surface area is 127 Å². The van der Waals surface area contributed by atoms with Crippen molar-refractivity contribution in [2.45, 2.75) is 32.4 Å². The molecule has 0 aliphatic heterocycles. The Morgan fingerprint density at radius 1 is 1.38 bits per heavy atom. The minimum absolute atomic E-state index is 0.108. The molecular formula is C16H18FN3S. The molecule has 0 saturated heterocycles. The Hall–Kier alpha value is -1.72. The fourth-order valence-corrected chi connectivity index (χ4v) is 3.54. The van der Waals surface area contributed by atoms with Gasteiger partial charge in [0.2, 0.25) is 0 Å². The van der Waals surface area contributed by atoms with Gasteiger partial charge >= 0.3 is 0 Å². The summed E-state index contributed by atoms with van der Waals surface area (Å²) in [7, 11) is 0. The van der Waals surface area contributed by atoms with Crippen LogP contribution in [-0.2, 0) is 13.0 Å². The lowest BCUT2D eigenvalue weighted by Gasteiger charge is -2.11. The highest BCUT2D eigenvalue weighted by atomic mass is 32.1. The summed E-state index contributed by atoms with van der Waals surface area (Å²) in [5.41, 5.74) is 6.32. The summed E-state index contributed by atoms with van der Waals surface area (Å²) in [4.78, 5) is 5.47. The molecule has 0 radical (unpaired) electrons. The standard InChI is InChI=1S/C16H18FN3S/c1-2-6-20-7-5-19-16(20)10-13(18)15-9-11-8-12(17)3-4-14(11)21-15/h3-5,7-9,13H,2,6,10,18H2,1H3. The molecule has 0 aliphatic rings. The lowest BCUT2D eigenvalue weighted by Crippen LogP contribution is -2.15. The average molecular weight is 303 g/mol. The Balaban J connectivity index is 1.83. The molecule has 0 bridgehead atoms. The molecule has 0 saturated carbocycles. The second kappa shape index (κ2) is 5.95. The van der Waals surface area contributed by atoms with Crippen molar-refractivity contribution in [3.63, 3.8) is 0 Å². The first-order chi connectivity index (χ1) is 10.2. The fraction of sp³-hybridized carbons (Fsp3) is 0.312. The molecule has 0 amide bonds. The van der Waals surface area contributed by atoms with Gasteiger partial charge in [0.1, 0.15) is 11.6 Å². The van der Waals surface area contributed by atoms with Gasteiger partial charge in [-0.25, -0.2) is 9.37 Å². The fourth-order valence-electron chi connectivity index (χ4n) is 2.49. The van der Waals surface area contributed by atoms with Gasteiger partial charge in [-0.05, 0) is 36.1 Å². The van der Waals surface area contributed by atoms with Crippen molar-refractivity contribution in [3.8, 4) is 0 Å². The van der Waals surface area contributed by atoms with Gasteiger partial charge in [0.25, 0.3) is 0 Å². The van der Waals surface area contributed by atoms with E-state index in [1.54, 1.807) is 17.4 Å². The van der Waals surface area contributed by atoms with Gasteiger partial charge in [-0.1, -0.05) is 6.92 Å². The molecule has 2 N–H and O–H groups in total. The van der Waals surface area contributed by atoms with Gasteiger partial charge < -0.3 is 10.3 Å². The number of imidazole rings is 1. The van der Waals surface area contributed by atoms with Gasteiger partial charge in [-0.15, -0.1) is 11.3 Å². The summed E-state index contributed by atoms with van der Waals surface area (Å²) in [5.74, 6) is 0.798. The third kappa shape index (κ3) is 2.99. The van der Waals surface area contributed by atoms with Crippen molar-refractivity contribution in [2.75, 3.05) is 0 Å². The number of hydrogen-bond acceptors (Lipinski definition) is 3. The van der Waals surface area contributed by atoms with Crippen molar-refractivity contribution in [1.29, 1.82) is 0 Å². The van der Waals surface area contributed by atoms with Crippen LogP contribution in [0.15, 0.2) is 36.7 Å².